The zero-order valence-corrected chi connectivity index (χ0v) is 6.32. The van der Waals surface area contributed by atoms with Crippen LogP contribution in [0.1, 0.15) is 0 Å². The van der Waals surface area contributed by atoms with Gasteiger partial charge in [0.15, 0.2) is 4.84 Å². The number of rotatable bonds is 2. The minimum atomic E-state index is -1.50. The second-order valence-electron chi connectivity index (χ2n) is 1.07. The normalized spacial score (nSPS) is 13.3. The van der Waals surface area contributed by atoms with Crippen LogP contribution >= 0.6 is 34.8 Å². The Balaban J connectivity index is 3.50. The molecule has 0 fully saturated rings. The summed E-state index contributed by atoms with van der Waals surface area (Å²) in [5.74, 6) is 0. The van der Waals surface area contributed by atoms with Crippen LogP contribution in [-0.4, -0.2) is 21.7 Å². The van der Waals surface area contributed by atoms with Crippen molar-refractivity contribution in [3.8, 4) is 0 Å². The highest BCUT2D eigenvalue weighted by molar-refractivity contribution is 6.48. The summed E-state index contributed by atoms with van der Waals surface area (Å²) in [5.41, 5.74) is -1.20. The first-order valence-electron chi connectivity index (χ1n) is 1.86. The van der Waals surface area contributed by atoms with E-state index in [1.807, 2.05) is 0 Å². The molecular formula is C3H3Cl3O3. The van der Waals surface area contributed by atoms with Gasteiger partial charge in [0, 0.05) is 0 Å². The summed E-state index contributed by atoms with van der Waals surface area (Å²) >= 11 is 15.4. The minimum absolute atomic E-state index is 1.04. The van der Waals surface area contributed by atoms with E-state index in [1.165, 1.54) is 0 Å². The molecule has 0 amide bonds. The lowest BCUT2D eigenvalue weighted by Crippen LogP contribution is -2.16. The molecule has 0 spiro atoms. The number of halogens is 3. The average molecular weight is 193 g/mol. The van der Waals surface area contributed by atoms with Crippen molar-refractivity contribution in [1.29, 1.82) is 0 Å². The fraction of sp³-hybridized carbons (Fsp3) is 0.667. The summed E-state index contributed by atoms with van der Waals surface area (Å²) < 4.78 is 3.93. The van der Waals surface area contributed by atoms with Gasteiger partial charge in [-0.05, 0) is 0 Å². The molecule has 0 bridgehead atoms. The lowest BCUT2D eigenvalue weighted by atomic mass is 10.8. The fourth-order valence-corrected chi connectivity index (χ4v) is 0.327. The third-order valence-electron chi connectivity index (χ3n) is 0.412. The maximum absolute atomic E-state index is 9.69. The van der Waals surface area contributed by atoms with Gasteiger partial charge >= 0.3 is 6.16 Å². The lowest BCUT2D eigenvalue weighted by Gasteiger charge is -2.06. The summed E-state index contributed by atoms with van der Waals surface area (Å²) in [6.45, 7) is 0. The maximum Gasteiger partial charge on any atom is 0.507 e. The third-order valence-corrected chi connectivity index (χ3v) is 1.47. The van der Waals surface area contributed by atoms with Gasteiger partial charge in [-0.3, -0.25) is 0 Å². The minimum Gasteiger partial charge on any atom is -0.450 e. The number of hydrogen-bond acceptors (Lipinski definition) is 2. The molecule has 0 aliphatic carbocycles. The summed E-state index contributed by atoms with van der Waals surface area (Å²) in [7, 11) is 0. The number of ether oxygens (including phenoxy) is 1. The van der Waals surface area contributed by atoms with Crippen LogP contribution < -0.4 is 0 Å². The molecule has 0 rings (SSSR count). The van der Waals surface area contributed by atoms with Gasteiger partial charge in [0.05, 0.1) is 0 Å². The predicted octanol–water partition coefficient (Wildman–Crippen LogP) is 2.05. The Bertz CT molecular complexity index is 104. The van der Waals surface area contributed by atoms with Crippen LogP contribution in [0.3, 0.4) is 0 Å². The zero-order chi connectivity index (χ0) is 7.44. The van der Waals surface area contributed by atoms with Crippen molar-refractivity contribution in [2.24, 2.45) is 0 Å². The quantitative estimate of drug-likeness (QED) is 0.539. The first-order chi connectivity index (χ1) is 4.04. The van der Waals surface area contributed by atoms with E-state index in [0.717, 1.165) is 0 Å². The highest BCUT2D eigenvalue weighted by atomic mass is 35.5. The van der Waals surface area contributed by atoms with Crippen LogP contribution in [0.25, 0.3) is 0 Å². The van der Waals surface area contributed by atoms with Crippen LogP contribution in [0, 0.1) is 0 Å². The van der Waals surface area contributed by atoms with Gasteiger partial charge in [0.25, 0.3) is 0 Å². The van der Waals surface area contributed by atoms with Gasteiger partial charge in [0.2, 0.25) is 5.56 Å². The fourth-order valence-electron chi connectivity index (χ4n) is 0.148. The number of hydrogen-bond donors (Lipinski definition) is 1. The van der Waals surface area contributed by atoms with Crippen molar-refractivity contribution < 1.29 is 14.6 Å². The van der Waals surface area contributed by atoms with E-state index in [0.29, 0.717) is 0 Å². The van der Waals surface area contributed by atoms with Gasteiger partial charge < -0.3 is 9.84 Å². The van der Waals surface area contributed by atoms with Crippen LogP contribution in [-0.2, 0) is 4.74 Å². The van der Waals surface area contributed by atoms with E-state index >= 15 is 0 Å². The van der Waals surface area contributed by atoms with Crippen LogP contribution in [0.15, 0.2) is 0 Å². The Kier molecular flexibility index (Phi) is 4.10. The second-order valence-corrected chi connectivity index (χ2v) is 2.66. The van der Waals surface area contributed by atoms with Crippen molar-refractivity contribution in [1.82, 2.24) is 0 Å². The average Bonchev–Trinajstić information content (AvgIpc) is 1.63. The molecule has 54 valence electrons. The number of carbonyl (C=O) groups is 1. The molecule has 0 aliphatic rings. The smallest absolute Gasteiger partial charge is 0.450 e. The Hall–Kier alpha value is 0.140. The lowest BCUT2D eigenvalue weighted by molar-refractivity contribution is 0.0835. The van der Waals surface area contributed by atoms with E-state index in [1.54, 1.807) is 0 Å². The summed E-state index contributed by atoms with van der Waals surface area (Å²) in [4.78, 5) is 8.65. The molecule has 0 aromatic carbocycles. The molecule has 9 heavy (non-hydrogen) atoms. The van der Waals surface area contributed by atoms with Gasteiger partial charge in [-0.15, -0.1) is 0 Å². The molecule has 6 heteroatoms. The Labute approximate surface area is 66.4 Å². The molecule has 0 saturated carbocycles. The van der Waals surface area contributed by atoms with Crippen molar-refractivity contribution in [3.63, 3.8) is 0 Å². The molecule has 0 radical (unpaired) electrons. The molecule has 0 aliphatic heterocycles. The molecule has 0 heterocycles. The summed E-state index contributed by atoms with van der Waals surface area (Å²) in [6, 6.07) is 0. The molecular weight excluding hydrogens is 190 g/mol. The van der Waals surface area contributed by atoms with Crippen molar-refractivity contribution >= 4 is 41.0 Å². The first kappa shape index (κ1) is 9.14. The predicted molar refractivity (Wildman–Crippen MR) is 34.2 cm³/mol. The van der Waals surface area contributed by atoms with Crippen LogP contribution in [0.2, 0.25) is 0 Å². The molecule has 0 saturated heterocycles. The van der Waals surface area contributed by atoms with Gasteiger partial charge in [-0.2, -0.15) is 0 Å². The van der Waals surface area contributed by atoms with Crippen molar-refractivity contribution in [2.45, 2.75) is 10.4 Å². The van der Waals surface area contributed by atoms with Crippen LogP contribution in [0.4, 0.5) is 4.79 Å². The van der Waals surface area contributed by atoms with E-state index in [4.69, 9.17) is 39.9 Å². The molecule has 1 atom stereocenters. The Morgan fingerprint density at radius 1 is 1.44 bits per heavy atom. The van der Waals surface area contributed by atoms with Gasteiger partial charge in [-0.25, -0.2) is 4.79 Å². The van der Waals surface area contributed by atoms with E-state index in [-0.39, 0.29) is 0 Å². The van der Waals surface area contributed by atoms with Crippen molar-refractivity contribution in [3.05, 3.63) is 0 Å². The van der Waals surface area contributed by atoms with Gasteiger partial charge in [0.1, 0.15) is 0 Å². The van der Waals surface area contributed by atoms with E-state index in [2.05, 4.69) is 4.74 Å². The number of alkyl halides is 3. The van der Waals surface area contributed by atoms with E-state index < -0.39 is 16.6 Å². The second kappa shape index (κ2) is 4.04. The Morgan fingerprint density at radius 2 is 1.89 bits per heavy atom. The highest BCUT2D eigenvalue weighted by Gasteiger charge is 2.17. The van der Waals surface area contributed by atoms with Crippen molar-refractivity contribution in [2.75, 3.05) is 0 Å². The summed E-state index contributed by atoms with van der Waals surface area (Å²) in [6.07, 6.45) is -1.50. The van der Waals surface area contributed by atoms with Crippen LogP contribution in [0.5, 0.6) is 0 Å². The maximum atomic E-state index is 9.69. The number of carboxylic acid groups (broad SMARTS) is 1. The zero-order valence-electron chi connectivity index (χ0n) is 4.05. The molecule has 0 aromatic rings. The topological polar surface area (TPSA) is 46.5 Å². The largest absolute Gasteiger partial charge is 0.507 e. The standard InChI is InChI=1S/C3H3Cl3O3/c4-1(5)2(6)9-3(7)8/h1-2H,(H,7,8). The molecule has 0 aromatic heterocycles. The molecule has 1 unspecified atom stereocenters. The molecule has 1 N–H and O–H groups in total. The third kappa shape index (κ3) is 4.63. The SMILES string of the molecule is O=C(O)OC(Cl)C(Cl)Cl. The highest BCUT2D eigenvalue weighted by Crippen LogP contribution is 2.14. The molecule has 3 nitrogen and oxygen atoms in total. The van der Waals surface area contributed by atoms with E-state index in [9.17, 15) is 4.79 Å². The summed E-state index contributed by atoms with van der Waals surface area (Å²) in [5, 5.41) is 7.91. The first-order valence-corrected chi connectivity index (χ1v) is 3.16. The monoisotopic (exact) mass is 192 g/mol. The van der Waals surface area contributed by atoms with Gasteiger partial charge in [-0.1, -0.05) is 34.8 Å². The Morgan fingerprint density at radius 3 is 2.00 bits per heavy atom.